The van der Waals surface area contributed by atoms with E-state index < -0.39 is 17.9 Å². The molecule has 23 heavy (non-hydrogen) atoms. The van der Waals surface area contributed by atoms with Gasteiger partial charge in [-0.3, -0.25) is 9.59 Å². The number of benzene rings is 1. The van der Waals surface area contributed by atoms with E-state index in [-0.39, 0.29) is 13.2 Å². The van der Waals surface area contributed by atoms with Crippen LogP contribution in [-0.4, -0.2) is 30.1 Å². The third-order valence-corrected chi connectivity index (χ3v) is 4.39. The Kier molecular flexibility index (Phi) is 6.29. The molecule has 0 bridgehead atoms. The number of hydrogen-bond acceptors (Lipinski definition) is 6. The van der Waals surface area contributed by atoms with Gasteiger partial charge in [-0.2, -0.15) is 0 Å². The molecule has 2 aromatic rings. The summed E-state index contributed by atoms with van der Waals surface area (Å²) < 4.78 is 10.9. The summed E-state index contributed by atoms with van der Waals surface area (Å²) in [6.07, 6.45) is 0. The minimum absolute atomic E-state index is 0.194. The van der Waals surface area contributed by atoms with Crippen molar-refractivity contribution in [3.63, 3.8) is 0 Å². The molecule has 0 aliphatic heterocycles. The van der Waals surface area contributed by atoms with Gasteiger partial charge >= 0.3 is 11.9 Å². The number of rotatable bonds is 6. The van der Waals surface area contributed by atoms with Crippen molar-refractivity contribution in [1.29, 1.82) is 0 Å². The summed E-state index contributed by atoms with van der Waals surface area (Å²) in [5.74, 6) is -2.41. The van der Waals surface area contributed by atoms with E-state index in [0.717, 1.165) is 10.0 Å². The van der Waals surface area contributed by atoms with E-state index in [9.17, 15) is 9.59 Å². The predicted octanol–water partition coefficient (Wildman–Crippen LogP) is 3.78. The normalized spacial score (nSPS) is 10.6. The van der Waals surface area contributed by atoms with Gasteiger partial charge in [0.2, 0.25) is 5.92 Å². The smallest absolute Gasteiger partial charge is 0.327 e. The zero-order valence-electron chi connectivity index (χ0n) is 12.7. The van der Waals surface area contributed by atoms with E-state index in [2.05, 4.69) is 20.9 Å². The van der Waals surface area contributed by atoms with E-state index >= 15 is 0 Å². The van der Waals surface area contributed by atoms with Gasteiger partial charge in [0.1, 0.15) is 5.01 Å². The van der Waals surface area contributed by atoms with Crippen molar-refractivity contribution >= 4 is 39.2 Å². The van der Waals surface area contributed by atoms with Crippen LogP contribution >= 0.6 is 27.3 Å². The average molecular weight is 398 g/mol. The molecule has 7 heteroatoms. The van der Waals surface area contributed by atoms with E-state index in [1.54, 1.807) is 13.8 Å². The Morgan fingerprint density at radius 2 is 1.70 bits per heavy atom. The lowest BCUT2D eigenvalue weighted by Gasteiger charge is -2.11. The van der Waals surface area contributed by atoms with Crippen molar-refractivity contribution in [2.45, 2.75) is 19.8 Å². The molecule has 122 valence electrons. The number of esters is 2. The minimum Gasteiger partial charge on any atom is -0.465 e. The first-order valence-corrected chi connectivity index (χ1v) is 8.78. The predicted molar refractivity (Wildman–Crippen MR) is 91.3 cm³/mol. The standard InChI is InChI=1S/C16H16BrNO4S/c1-3-21-15(19)13(16(20)22-4-2)14-18-12(9-23-14)10-5-7-11(17)8-6-10/h5-9,13H,3-4H2,1-2H3. The van der Waals surface area contributed by atoms with Gasteiger partial charge in [0.05, 0.1) is 18.9 Å². The molecule has 0 saturated carbocycles. The fourth-order valence-electron chi connectivity index (χ4n) is 1.92. The SMILES string of the molecule is CCOC(=O)C(C(=O)OCC)c1nc(-c2ccc(Br)cc2)cs1. The van der Waals surface area contributed by atoms with Gasteiger partial charge in [0, 0.05) is 15.4 Å². The summed E-state index contributed by atoms with van der Waals surface area (Å²) in [5, 5.41) is 2.18. The van der Waals surface area contributed by atoms with E-state index in [1.807, 2.05) is 29.6 Å². The van der Waals surface area contributed by atoms with Gasteiger partial charge < -0.3 is 9.47 Å². The van der Waals surface area contributed by atoms with Crippen LogP contribution in [0.4, 0.5) is 0 Å². The van der Waals surface area contributed by atoms with Crippen LogP contribution in [0.5, 0.6) is 0 Å². The average Bonchev–Trinajstić information content (AvgIpc) is 2.98. The highest BCUT2D eigenvalue weighted by atomic mass is 79.9. The number of carbonyl (C=O) groups excluding carboxylic acids is 2. The van der Waals surface area contributed by atoms with Gasteiger partial charge in [0.25, 0.3) is 0 Å². The van der Waals surface area contributed by atoms with E-state index in [4.69, 9.17) is 9.47 Å². The number of aromatic nitrogens is 1. The van der Waals surface area contributed by atoms with Crippen molar-refractivity contribution in [2.75, 3.05) is 13.2 Å². The summed E-state index contributed by atoms with van der Waals surface area (Å²) in [6.45, 7) is 3.77. The quantitative estimate of drug-likeness (QED) is 0.547. The lowest BCUT2D eigenvalue weighted by Crippen LogP contribution is -2.26. The van der Waals surface area contributed by atoms with Crippen molar-refractivity contribution in [3.8, 4) is 11.3 Å². The summed E-state index contributed by atoms with van der Waals surface area (Å²) in [4.78, 5) is 28.6. The third kappa shape index (κ3) is 4.39. The van der Waals surface area contributed by atoms with Crippen LogP contribution in [0, 0.1) is 0 Å². The molecular weight excluding hydrogens is 382 g/mol. The summed E-state index contributed by atoms with van der Waals surface area (Å²) in [7, 11) is 0. The highest BCUT2D eigenvalue weighted by Gasteiger charge is 2.34. The molecule has 0 amide bonds. The zero-order chi connectivity index (χ0) is 16.8. The van der Waals surface area contributed by atoms with Gasteiger partial charge in [0.15, 0.2) is 0 Å². The number of halogens is 1. The second kappa shape index (κ2) is 8.21. The van der Waals surface area contributed by atoms with Gasteiger partial charge in [-0.1, -0.05) is 28.1 Å². The van der Waals surface area contributed by atoms with Gasteiger partial charge in [-0.05, 0) is 26.0 Å². The Labute approximate surface area is 146 Å². The highest BCUT2D eigenvalue weighted by molar-refractivity contribution is 9.10. The number of hydrogen-bond donors (Lipinski definition) is 0. The molecule has 0 spiro atoms. The monoisotopic (exact) mass is 397 g/mol. The van der Waals surface area contributed by atoms with Crippen molar-refractivity contribution in [3.05, 3.63) is 39.1 Å². The Bertz CT molecular complexity index is 666. The number of carbonyl (C=O) groups is 2. The Morgan fingerprint density at radius 1 is 1.13 bits per heavy atom. The maximum absolute atomic E-state index is 12.1. The fourth-order valence-corrected chi connectivity index (χ4v) is 3.09. The molecule has 0 aliphatic rings. The molecule has 0 saturated heterocycles. The van der Waals surface area contributed by atoms with Crippen LogP contribution in [0.2, 0.25) is 0 Å². The first-order chi connectivity index (χ1) is 11.1. The maximum atomic E-state index is 12.1. The molecule has 5 nitrogen and oxygen atoms in total. The van der Waals surface area contributed by atoms with E-state index in [1.165, 1.54) is 11.3 Å². The van der Waals surface area contributed by atoms with Gasteiger partial charge in [-0.25, -0.2) is 4.98 Å². The van der Waals surface area contributed by atoms with Crippen LogP contribution in [0.3, 0.4) is 0 Å². The maximum Gasteiger partial charge on any atom is 0.327 e. The molecular formula is C16H16BrNO4S. The van der Waals surface area contributed by atoms with Crippen LogP contribution in [0.25, 0.3) is 11.3 Å². The number of thiazole rings is 1. The van der Waals surface area contributed by atoms with Crippen molar-refractivity contribution < 1.29 is 19.1 Å². The first kappa shape index (κ1) is 17.6. The molecule has 0 atom stereocenters. The molecule has 0 aliphatic carbocycles. The van der Waals surface area contributed by atoms with Gasteiger partial charge in [-0.15, -0.1) is 11.3 Å². The van der Waals surface area contributed by atoms with Crippen LogP contribution in [0.1, 0.15) is 24.8 Å². The number of nitrogens with zero attached hydrogens (tertiary/aromatic N) is 1. The summed E-state index contributed by atoms with van der Waals surface area (Å²) in [6, 6.07) is 7.63. The molecule has 1 aromatic carbocycles. The zero-order valence-corrected chi connectivity index (χ0v) is 15.1. The highest BCUT2D eigenvalue weighted by Crippen LogP contribution is 2.29. The topological polar surface area (TPSA) is 65.5 Å². The third-order valence-electron chi connectivity index (χ3n) is 2.95. The Morgan fingerprint density at radius 3 is 2.22 bits per heavy atom. The minimum atomic E-state index is -1.14. The number of ether oxygens (including phenoxy) is 2. The molecule has 1 aromatic heterocycles. The van der Waals surface area contributed by atoms with Crippen LogP contribution in [0.15, 0.2) is 34.1 Å². The fraction of sp³-hybridized carbons (Fsp3) is 0.312. The van der Waals surface area contributed by atoms with Crippen LogP contribution < -0.4 is 0 Å². The molecule has 2 rings (SSSR count). The van der Waals surface area contributed by atoms with Crippen molar-refractivity contribution in [2.24, 2.45) is 0 Å². The second-order valence-electron chi connectivity index (χ2n) is 4.51. The summed E-state index contributed by atoms with van der Waals surface area (Å²) >= 11 is 4.62. The summed E-state index contributed by atoms with van der Waals surface area (Å²) in [5.41, 5.74) is 1.61. The molecule has 0 N–H and O–H groups in total. The van der Waals surface area contributed by atoms with Crippen LogP contribution in [-0.2, 0) is 19.1 Å². The largest absolute Gasteiger partial charge is 0.465 e. The van der Waals surface area contributed by atoms with E-state index in [0.29, 0.717) is 10.7 Å². The Hall–Kier alpha value is -1.73. The van der Waals surface area contributed by atoms with Crippen molar-refractivity contribution in [1.82, 2.24) is 4.98 Å². The molecule has 0 fully saturated rings. The Balaban J connectivity index is 2.30. The lowest BCUT2D eigenvalue weighted by molar-refractivity contribution is -0.156. The lowest BCUT2D eigenvalue weighted by atomic mass is 10.1. The molecule has 0 radical (unpaired) electrons. The first-order valence-electron chi connectivity index (χ1n) is 7.11. The second-order valence-corrected chi connectivity index (χ2v) is 6.32. The molecule has 1 heterocycles. The molecule has 0 unspecified atom stereocenters.